The van der Waals surface area contributed by atoms with Crippen LogP contribution in [0.5, 0.6) is 0 Å². The number of carbonyl (C=O) groups is 2. The standard InChI is InChI=1S/C26H26ClN3O4/c1-3-34-26(33)22-16-24(19-4-8-20(27)9-5-19)30(17(22)2)21-10-6-18(7-11-21)23-12-13-25(32)29(28-23)14-15-31/h4-11,16,31H,3,12-15H2,1-2H3. The lowest BCUT2D eigenvalue weighted by Crippen LogP contribution is -2.34. The van der Waals surface area contributed by atoms with Crippen LogP contribution in [0.25, 0.3) is 16.9 Å². The van der Waals surface area contributed by atoms with Crippen molar-refractivity contribution in [3.8, 4) is 16.9 Å². The lowest BCUT2D eigenvalue weighted by molar-refractivity contribution is -0.132. The highest BCUT2D eigenvalue weighted by Gasteiger charge is 2.22. The molecule has 0 spiro atoms. The van der Waals surface area contributed by atoms with Gasteiger partial charge >= 0.3 is 5.97 Å². The molecule has 1 aromatic heterocycles. The Morgan fingerprint density at radius 2 is 1.76 bits per heavy atom. The fourth-order valence-corrected chi connectivity index (χ4v) is 4.19. The molecule has 2 aromatic carbocycles. The number of nitrogens with zero attached hydrogens (tertiary/aromatic N) is 3. The zero-order chi connectivity index (χ0) is 24.2. The van der Waals surface area contributed by atoms with E-state index in [1.807, 2.05) is 66.1 Å². The molecular formula is C26H26ClN3O4. The summed E-state index contributed by atoms with van der Waals surface area (Å²) < 4.78 is 7.28. The van der Waals surface area contributed by atoms with Gasteiger partial charge < -0.3 is 14.4 Å². The molecule has 7 nitrogen and oxygen atoms in total. The SMILES string of the molecule is CCOC(=O)c1cc(-c2ccc(Cl)cc2)n(-c2ccc(C3=NN(CCO)C(=O)CC3)cc2)c1C. The summed E-state index contributed by atoms with van der Waals surface area (Å²) >= 11 is 6.08. The van der Waals surface area contributed by atoms with Crippen molar-refractivity contribution in [2.45, 2.75) is 26.7 Å². The summed E-state index contributed by atoms with van der Waals surface area (Å²) in [6, 6.07) is 17.1. The van der Waals surface area contributed by atoms with E-state index in [4.69, 9.17) is 16.3 Å². The summed E-state index contributed by atoms with van der Waals surface area (Å²) in [5.41, 5.74) is 5.62. The van der Waals surface area contributed by atoms with Crippen molar-refractivity contribution in [1.82, 2.24) is 9.58 Å². The summed E-state index contributed by atoms with van der Waals surface area (Å²) in [6.07, 6.45) is 0.909. The number of carbonyl (C=O) groups excluding carboxylic acids is 2. The second-order valence-electron chi connectivity index (χ2n) is 7.93. The smallest absolute Gasteiger partial charge is 0.339 e. The molecule has 0 aliphatic carbocycles. The van der Waals surface area contributed by atoms with Crippen molar-refractivity contribution in [1.29, 1.82) is 0 Å². The van der Waals surface area contributed by atoms with Gasteiger partial charge in [0.1, 0.15) is 0 Å². The Kier molecular flexibility index (Phi) is 7.14. The van der Waals surface area contributed by atoms with Crippen LogP contribution in [0.2, 0.25) is 5.02 Å². The number of rotatable bonds is 7. The minimum absolute atomic E-state index is 0.0866. The fraction of sp³-hybridized carbons (Fsp3) is 0.269. The predicted octanol–water partition coefficient (Wildman–Crippen LogP) is 4.60. The first-order chi connectivity index (χ1) is 16.4. The van der Waals surface area contributed by atoms with E-state index < -0.39 is 0 Å². The van der Waals surface area contributed by atoms with E-state index in [2.05, 4.69) is 5.10 Å². The van der Waals surface area contributed by atoms with Crippen LogP contribution in [-0.2, 0) is 9.53 Å². The molecule has 0 bridgehead atoms. The number of aliphatic hydroxyl groups is 1. The van der Waals surface area contributed by atoms with Crippen molar-refractivity contribution in [3.05, 3.63) is 76.4 Å². The van der Waals surface area contributed by atoms with E-state index >= 15 is 0 Å². The third-order valence-electron chi connectivity index (χ3n) is 5.76. The van der Waals surface area contributed by atoms with E-state index in [0.717, 1.165) is 33.9 Å². The molecule has 0 radical (unpaired) electrons. The van der Waals surface area contributed by atoms with Gasteiger partial charge in [0.05, 0.1) is 36.7 Å². The molecule has 1 N–H and O–H groups in total. The molecule has 0 saturated carbocycles. The monoisotopic (exact) mass is 479 g/mol. The Morgan fingerprint density at radius 3 is 2.41 bits per heavy atom. The van der Waals surface area contributed by atoms with Crippen molar-refractivity contribution >= 4 is 29.2 Å². The molecule has 3 aromatic rings. The maximum Gasteiger partial charge on any atom is 0.339 e. The van der Waals surface area contributed by atoms with Crippen molar-refractivity contribution < 1.29 is 19.4 Å². The normalized spacial score (nSPS) is 13.7. The quantitative estimate of drug-likeness (QED) is 0.502. The van der Waals surface area contributed by atoms with Gasteiger partial charge in [0, 0.05) is 29.2 Å². The summed E-state index contributed by atoms with van der Waals surface area (Å²) in [4.78, 5) is 24.6. The zero-order valence-corrected chi connectivity index (χ0v) is 19.9. The molecule has 0 saturated heterocycles. The van der Waals surface area contributed by atoms with Crippen LogP contribution in [0.1, 0.15) is 41.4 Å². The van der Waals surface area contributed by atoms with Crippen LogP contribution >= 0.6 is 11.6 Å². The maximum absolute atomic E-state index is 12.6. The number of esters is 1. The lowest BCUT2D eigenvalue weighted by atomic mass is 10.0. The number of hydrogen-bond donors (Lipinski definition) is 1. The molecular weight excluding hydrogens is 454 g/mol. The third kappa shape index (κ3) is 4.76. The number of benzene rings is 2. The molecule has 0 unspecified atom stereocenters. The topological polar surface area (TPSA) is 84.1 Å². The van der Waals surface area contributed by atoms with Crippen LogP contribution in [0, 0.1) is 6.92 Å². The Hall–Kier alpha value is -3.42. The molecule has 1 amide bonds. The number of aromatic nitrogens is 1. The number of amides is 1. The summed E-state index contributed by atoms with van der Waals surface area (Å²) in [5.74, 6) is -0.452. The molecule has 2 heterocycles. The van der Waals surface area contributed by atoms with E-state index in [-0.39, 0.29) is 25.0 Å². The average molecular weight is 480 g/mol. The Labute approximate surface area is 203 Å². The molecule has 1 aliphatic heterocycles. The van der Waals surface area contributed by atoms with Crippen molar-refractivity contribution in [2.75, 3.05) is 19.8 Å². The summed E-state index contributed by atoms with van der Waals surface area (Å²) in [5, 5.41) is 15.6. The molecule has 176 valence electrons. The second-order valence-corrected chi connectivity index (χ2v) is 8.36. The van der Waals surface area contributed by atoms with Gasteiger partial charge in [-0.05, 0) is 55.3 Å². The first-order valence-electron chi connectivity index (χ1n) is 11.2. The average Bonchev–Trinajstić information content (AvgIpc) is 3.18. The zero-order valence-electron chi connectivity index (χ0n) is 19.1. The van der Waals surface area contributed by atoms with Gasteiger partial charge in [-0.1, -0.05) is 35.9 Å². The number of β-amino-alcohol motifs (C(OH)–C–C–N with tert-alkyl or cyclic N) is 1. The van der Waals surface area contributed by atoms with Gasteiger partial charge in [-0.15, -0.1) is 0 Å². The Morgan fingerprint density at radius 1 is 1.09 bits per heavy atom. The first kappa shape index (κ1) is 23.7. The Balaban J connectivity index is 1.75. The van der Waals surface area contributed by atoms with Crippen LogP contribution in [0.3, 0.4) is 0 Å². The van der Waals surface area contributed by atoms with Crippen LogP contribution in [0.4, 0.5) is 0 Å². The molecule has 1 aliphatic rings. The van der Waals surface area contributed by atoms with E-state index in [1.165, 1.54) is 5.01 Å². The first-order valence-corrected chi connectivity index (χ1v) is 11.6. The van der Waals surface area contributed by atoms with Gasteiger partial charge in [0.2, 0.25) is 5.91 Å². The number of halogens is 1. The van der Waals surface area contributed by atoms with Gasteiger partial charge in [0.15, 0.2) is 0 Å². The minimum Gasteiger partial charge on any atom is -0.462 e. The highest BCUT2D eigenvalue weighted by molar-refractivity contribution is 6.30. The van der Waals surface area contributed by atoms with E-state index in [9.17, 15) is 14.7 Å². The largest absolute Gasteiger partial charge is 0.462 e. The van der Waals surface area contributed by atoms with Crippen molar-refractivity contribution in [3.63, 3.8) is 0 Å². The number of aliphatic hydroxyl groups excluding tert-OH is 1. The van der Waals surface area contributed by atoms with E-state index in [1.54, 1.807) is 6.92 Å². The molecule has 0 atom stereocenters. The minimum atomic E-state index is -0.365. The molecule has 8 heteroatoms. The van der Waals surface area contributed by atoms with Gasteiger partial charge in [-0.3, -0.25) is 4.79 Å². The maximum atomic E-state index is 12.6. The highest BCUT2D eigenvalue weighted by atomic mass is 35.5. The second kappa shape index (κ2) is 10.2. The molecule has 0 fully saturated rings. The van der Waals surface area contributed by atoms with Crippen molar-refractivity contribution in [2.24, 2.45) is 5.10 Å². The number of hydrazone groups is 1. The van der Waals surface area contributed by atoms with Gasteiger partial charge in [-0.25, -0.2) is 9.80 Å². The number of hydrogen-bond acceptors (Lipinski definition) is 5. The fourth-order valence-electron chi connectivity index (χ4n) is 4.07. The van der Waals surface area contributed by atoms with E-state index in [0.29, 0.717) is 30.0 Å². The number of ether oxygens (including phenoxy) is 1. The third-order valence-corrected chi connectivity index (χ3v) is 6.01. The highest BCUT2D eigenvalue weighted by Crippen LogP contribution is 2.31. The van der Waals surface area contributed by atoms with Gasteiger partial charge in [0.25, 0.3) is 0 Å². The van der Waals surface area contributed by atoms with Gasteiger partial charge in [-0.2, -0.15) is 5.10 Å². The molecule has 34 heavy (non-hydrogen) atoms. The summed E-state index contributed by atoms with van der Waals surface area (Å²) in [6.45, 7) is 4.02. The molecule has 4 rings (SSSR count). The van der Waals surface area contributed by atoms with Crippen LogP contribution in [-0.4, -0.2) is 52.0 Å². The Bertz CT molecular complexity index is 1230. The summed E-state index contributed by atoms with van der Waals surface area (Å²) in [7, 11) is 0. The van der Waals surface area contributed by atoms with Crippen LogP contribution in [0.15, 0.2) is 59.7 Å². The van der Waals surface area contributed by atoms with Crippen LogP contribution < -0.4 is 0 Å². The predicted molar refractivity (Wildman–Crippen MR) is 131 cm³/mol. The lowest BCUT2D eigenvalue weighted by Gasteiger charge is -2.23.